The number of benzene rings is 1. The van der Waals surface area contributed by atoms with Gasteiger partial charge in [-0.3, -0.25) is 0 Å². The highest BCUT2D eigenvalue weighted by molar-refractivity contribution is 9.10. The van der Waals surface area contributed by atoms with Crippen LogP contribution in [0.3, 0.4) is 0 Å². The van der Waals surface area contributed by atoms with E-state index in [0.29, 0.717) is 5.88 Å². The van der Waals surface area contributed by atoms with E-state index in [4.69, 9.17) is 11.6 Å². The predicted molar refractivity (Wildman–Crippen MR) is 73.1 cm³/mol. The van der Waals surface area contributed by atoms with Crippen LogP contribution in [0.25, 0.3) is 11.4 Å². The van der Waals surface area contributed by atoms with E-state index in [2.05, 4.69) is 44.5 Å². The Balaban J connectivity index is 2.60. The number of alkyl halides is 1. The van der Waals surface area contributed by atoms with Gasteiger partial charge in [0.05, 0.1) is 5.88 Å². The van der Waals surface area contributed by atoms with Crippen LogP contribution in [0, 0.1) is 0 Å². The molecule has 2 rings (SSSR count). The molecule has 0 aliphatic heterocycles. The van der Waals surface area contributed by atoms with Gasteiger partial charge in [0.1, 0.15) is 5.82 Å². The van der Waals surface area contributed by atoms with E-state index < -0.39 is 0 Å². The van der Waals surface area contributed by atoms with E-state index >= 15 is 0 Å². The number of hydrogen-bond donors (Lipinski definition) is 0. The highest BCUT2D eigenvalue weighted by Crippen LogP contribution is 2.29. The molecule has 1 aromatic heterocycles. The van der Waals surface area contributed by atoms with Crippen LogP contribution in [0.1, 0.15) is 25.7 Å². The molecule has 5 heteroatoms. The highest BCUT2D eigenvalue weighted by Gasteiger charge is 2.16. The molecule has 0 spiro atoms. The molecule has 0 atom stereocenters. The summed E-state index contributed by atoms with van der Waals surface area (Å²) in [5.41, 5.74) is 1.03. The van der Waals surface area contributed by atoms with Gasteiger partial charge in [-0.25, -0.2) is 0 Å². The lowest BCUT2D eigenvalue weighted by Crippen LogP contribution is -2.07. The van der Waals surface area contributed by atoms with Crippen LogP contribution in [0.2, 0.25) is 0 Å². The average molecular weight is 315 g/mol. The SMILES string of the molecule is CC(C)n1c(CCl)nnc1-c1ccccc1Br. The lowest BCUT2D eigenvalue weighted by molar-refractivity contribution is 0.585. The minimum absolute atomic E-state index is 0.279. The molecule has 0 unspecified atom stereocenters. The fourth-order valence-electron chi connectivity index (χ4n) is 1.78. The largest absolute Gasteiger partial charge is 0.307 e. The summed E-state index contributed by atoms with van der Waals surface area (Å²) in [6, 6.07) is 8.26. The van der Waals surface area contributed by atoms with Crippen molar-refractivity contribution in [3.05, 3.63) is 34.6 Å². The molecule has 2 aromatic rings. The summed E-state index contributed by atoms with van der Waals surface area (Å²) in [4.78, 5) is 0. The molecule has 90 valence electrons. The van der Waals surface area contributed by atoms with Crippen LogP contribution in [-0.4, -0.2) is 14.8 Å². The van der Waals surface area contributed by atoms with Crippen LogP contribution in [-0.2, 0) is 5.88 Å². The Morgan fingerprint density at radius 2 is 2.00 bits per heavy atom. The average Bonchev–Trinajstić information content (AvgIpc) is 2.73. The van der Waals surface area contributed by atoms with Gasteiger partial charge in [0.2, 0.25) is 0 Å². The summed E-state index contributed by atoms with van der Waals surface area (Å²) >= 11 is 9.42. The number of hydrogen-bond acceptors (Lipinski definition) is 2. The Morgan fingerprint density at radius 3 is 2.59 bits per heavy atom. The molecule has 17 heavy (non-hydrogen) atoms. The Kier molecular flexibility index (Phi) is 3.84. The van der Waals surface area contributed by atoms with Crippen LogP contribution in [0.5, 0.6) is 0 Å². The van der Waals surface area contributed by atoms with E-state index in [0.717, 1.165) is 21.7 Å². The molecule has 0 fully saturated rings. The maximum atomic E-state index is 5.88. The fraction of sp³-hybridized carbons (Fsp3) is 0.333. The van der Waals surface area contributed by atoms with Crippen LogP contribution >= 0.6 is 27.5 Å². The first-order valence-corrected chi connectivity index (χ1v) is 6.72. The van der Waals surface area contributed by atoms with E-state index in [9.17, 15) is 0 Å². The summed E-state index contributed by atoms with van der Waals surface area (Å²) in [6.07, 6.45) is 0. The molecule has 0 aliphatic rings. The third kappa shape index (κ3) is 2.38. The van der Waals surface area contributed by atoms with E-state index in [1.807, 2.05) is 24.3 Å². The first kappa shape index (κ1) is 12.6. The van der Waals surface area contributed by atoms with Gasteiger partial charge in [0, 0.05) is 16.1 Å². The van der Waals surface area contributed by atoms with Gasteiger partial charge in [-0.05, 0) is 19.9 Å². The fourth-order valence-corrected chi connectivity index (χ4v) is 2.43. The third-order valence-corrected chi connectivity index (χ3v) is 3.45. The number of aromatic nitrogens is 3. The normalized spacial score (nSPS) is 11.1. The lowest BCUT2D eigenvalue weighted by atomic mass is 10.2. The molecule has 1 aromatic carbocycles. The van der Waals surface area contributed by atoms with Crippen molar-refractivity contribution in [2.75, 3.05) is 0 Å². The number of halogens is 2. The number of nitrogens with zero attached hydrogens (tertiary/aromatic N) is 3. The van der Waals surface area contributed by atoms with Crippen LogP contribution in [0.4, 0.5) is 0 Å². The Hall–Kier alpha value is -0.870. The van der Waals surface area contributed by atoms with Crippen molar-refractivity contribution in [2.45, 2.75) is 25.8 Å². The second-order valence-electron chi connectivity index (χ2n) is 4.02. The van der Waals surface area contributed by atoms with Crippen molar-refractivity contribution in [1.29, 1.82) is 0 Å². The smallest absolute Gasteiger partial charge is 0.165 e. The first-order valence-electron chi connectivity index (χ1n) is 5.39. The van der Waals surface area contributed by atoms with Crippen molar-refractivity contribution in [2.24, 2.45) is 0 Å². The summed E-state index contributed by atoms with van der Waals surface area (Å²) < 4.78 is 3.07. The molecule has 0 saturated carbocycles. The molecule has 0 N–H and O–H groups in total. The first-order chi connectivity index (χ1) is 8.15. The molecular formula is C12H13BrClN3. The molecule has 3 nitrogen and oxygen atoms in total. The third-order valence-electron chi connectivity index (χ3n) is 2.52. The van der Waals surface area contributed by atoms with Gasteiger partial charge in [0.15, 0.2) is 5.82 Å². The molecule has 0 saturated heterocycles. The standard InChI is InChI=1S/C12H13BrClN3/c1-8(2)17-11(7-14)15-16-12(17)9-5-3-4-6-10(9)13/h3-6,8H,7H2,1-2H3. The molecule has 0 bridgehead atoms. The molecular weight excluding hydrogens is 302 g/mol. The van der Waals surface area contributed by atoms with Gasteiger partial charge in [0.25, 0.3) is 0 Å². The maximum absolute atomic E-state index is 5.88. The Morgan fingerprint density at radius 1 is 1.29 bits per heavy atom. The predicted octanol–water partition coefficient (Wildman–Crippen LogP) is 4.03. The summed E-state index contributed by atoms with van der Waals surface area (Å²) in [5, 5.41) is 8.37. The molecule has 0 aliphatic carbocycles. The Bertz CT molecular complexity index is 522. The minimum atomic E-state index is 0.279. The molecule has 1 heterocycles. The van der Waals surface area contributed by atoms with Crippen molar-refractivity contribution in [1.82, 2.24) is 14.8 Å². The quantitative estimate of drug-likeness (QED) is 0.801. The molecule has 0 radical (unpaired) electrons. The minimum Gasteiger partial charge on any atom is -0.307 e. The second kappa shape index (κ2) is 5.19. The van der Waals surface area contributed by atoms with Crippen molar-refractivity contribution in [3.63, 3.8) is 0 Å². The van der Waals surface area contributed by atoms with E-state index in [1.165, 1.54) is 0 Å². The van der Waals surface area contributed by atoms with Gasteiger partial charge in [-0.15, -0.1) is 21.8 Å². The van der Waals surface area contributed by atoms with Crippen LogP contribution < -0.4 is 0 Å². The summed E-state index contributed by atoms with van der Waals surface area (Å²) in [5.74, 6) is 2.02. The zero-order chi connectivity index (χ0) is 12.4. The second-order valence-corrected chi connectivity index (χ2v) is 5.14. The topological polar surface area (TPSA) is 30.7 Å². The van der Waals surface area contributed by atoms with E-state index in [1.54, 1.807) is 0 Å². The van der Waals surface area contributed by atoms with Crippen molar-refractivity contribution >= 4 is 27.5 Å². The van der Waals surface area contributed by atoms with Gasteiger partial charge in [-0.2, -0.15) is 0 Å². The van der Waals surface area contributed by atoms with Gasteiger partial charge < -0.3 is 4.57 Å². The highest BCUT2D eigenvalue weighted by atomic mass is 79.9. The van der Waals surface area contributed by atoms with Gasteiger partial charge >= 0.3 is 0 Å². The zero-order valence-electron chi connectivity index (χ0n) is 9.69. The molecule has 0 amide bonds. The van der Waals surface area contributed by atoms with Crippen molar-refractivity contribution in [3.8, 4) is 11.4 Å². The van der Waals surface area contributed by atoms with Gasteiger partial charge in [-0.1, -0.05) is 34.1 Å². The van der Waals surface area contributed by atoms with E-state index in [-0.39, 0.29) is 6.04 Å². The zero-order valence-corrected chi connectivity index (χ0v) is 12.0. The van der Waals surface area contributed by atoms with Crippen LogP contribution in [0.15, 0.2) is 28.7 Å². The maximum Gasteiger partial charge on any atom is 0.165 e. The lowest BCUT2D eigenvalue weighted by Gasteiger charge is -2.13. The van der Waals surface area contributed by atoms with Crippen molar-refractivity contribution < 1.29 is 0 Å². The summed E-state index contributed by atoms with van der Waals surface area (Å²) in [7, 11) is 0. The Labute approximate surface area is 114 Å². The summed E-state index contributed by atoms with van der Waals surface area (Å²) in [6.45, 7) is 4.19. The monoisotopic (exact) mass is 313 g/mol. The number of rotatable bonds is 3.